The first-order chi connectivity index (χ1) is 17.9. The average Bonchev–Trinajstić information content (AvgIpc) is 3.44. The van der Waals surface area contributed by atoms with Crippen LogP contribution in [0.1, 0.15) is 46.7 Å². The number of aromatic nitrogens is 2. The fourth-order valence-corrected chi connectivity index (χ4v) is 5.32. The lowest BCUT2D eigenvalue weighted by atomic mass is 10.0. The van der Waals surface area contributed by atoms with Crippen LogP contribution in [0.25, 0.3) is 5.69 Å². The summed E-state index contributed by atoms with van der Waals surface area (Å²) in [5.74, 6) is -0.0360. The van der Waals surface area contributed by atoms with Gasteiger partial charge in [0.1, 0.15) is 0 Å². The lowest BCUT2D eigenvalue weighted by Crippen LogP contribution is -2.33. The van der Waals surface area contributed by atoms with Gasteiger partial charge in [-0.25, -0.2) is 0 Å². The third-order valence-electron chi connectivity index (χ3n) is 6.87. The van der Waals surface area contributed by atoms with E-state index in [-0.39, 0.29) is 18.0 Å². The number of para-hydroxylation sites is 1. The van der Waals surface area contributed by atoms with Gasteiger partial charge in [0.05, 0.1) is 17.8 Å². The van der Waals surface area contributed by atoms with Crippen LogP contribution in [0.4, 0.5) is 5.69 Å². The molecule has 0 aliphatic carbocycles. The molecule has 7 heteroatoms. The molecule has 2 N–H and O–H groups in total. The second-order valence-corrected chi connectivity index (χ2v) is 9.89. The van der Waals surface area contributed by atoms with Gasteiger partial charge in [0.2, 0.25) is 5.91 Å². The van der Waals surface area contributed by atoms with E-state index in [4.69, 9.17) is 12.2 Å². The SMILES string of the molecule is Cc1ccc(C)c(NC(=O)CCN2C(=S)N[C@H](c3ccccn3)[C@@H]2c2ccc(C)n2-c2ccccc2)c1. The normalized spacial score (nSPS) is 17.1. The van der Waals surface area contributed by atoms with Gasteiger partial charge in [-0.05, 0) is 86.6 Å². The van der Waals surface area contributed by atoms with Gasteiger partial charge < -0.3 is 20.1 Å². The Hall–Kier alpha value is -3.97. The zero-order valence-corrected chi connectivity index (χ0v) is 22.1. The van der Waals surface area contributed by atoms with Crippen LogP contribution in [0.5, 0.6) is 0 Å². The molecule has 37 heavy (non-hydrogen) atoms. The molecule has 0 spiro atoms. The molecule has 1 aliphatic rings. The van der Waals surface area contributed by atoms with Crippen molar-refractivity contribution in [3.8, 4) is 5.69 Å². The molecule has 1 saturated heterocycles. The molecule has 188 valence electrons. The summed E-state index contributed by atoms with van der Waals surface area (Å²) >= 11 is 5.83. The number of hydrogen-bond acceptors (Lipinski definition) is 3. The van der Waals surface area contributed by atoms with Gasteiger partial charge in [-0.1, -0.05) is 36.4 Å². The molecule has 0 unspecified atom stereocenters. The first kappa shape index (κ1) is 24.7. The molecule has 0 saturated carbocycles. The highest BCUT2D eigenvalue weighted by Crippen LogP contribution is 2.40. The first-order valence-corrected chi connectivity index (χ1v) is 12.9. The molecule has 2 atom stereocenters. The van der Waals surface area contributed by atoms with E-state index in [2.05, 4.69) is 56.3 Å². The molecule has 0 radical (unpaired) electrons. The first-order valence-electron chi connectivity index (χ1n) is 12.5. The number of anilines is 1. The van der Waals surface area contributed by atoms with Crippen LogP contribution in [-0.4, -0.2) is 32.0 Å². The van der Waals surface area contributed by atoms with Gasteiger partial charge in [0.15, 0.2) is 5.11 Å². The van der Waals surface area contributed by atoms with E-state index >= 15 is 0 Å². The van der Waals surface area contributed by atoms with Crippen molar-refractivity contribution in [1.82, 2.24) is 19.8 Å². The molecule has 6 nitrogen and oxygen atoms in total. The van der Waals surface area contributed by atoms with Crippen LogP contribution < -0.4 is 10.6 Å². The van der Waals surface area contributed by atoms with E-state index in [1.165, 1.54) is 0 Å². The average molecular weight is 510 g/mol. The lowest BCUT2D eigenvalue weighted by Gasteiger charge is -2.29. The second kappa shape index (κ2) is 10.6. The zero-order valence-electron chi connectivity index (χ0n) is 21.3. The number of hydrogen-bond donors (Lipinski definition) is 2. The van der Waals surface area contributed by atoms with Crippen molar-refractivity contribution >= 4 is 28.9 Å². The van der Waals surface area contributed by atoms with Crippen LogP contribution in [0.2, 0.25) is 0 Å². The van der Waals surface area contributed by atoms with Crippen molar-refractivity contribution in [1.29, 1.82) is 0 Å². The number of carbonyl (C=O) groups is 1. The summed E-state index contributed by atoms with van der Waals surface area (Å²) in [7, 11) is 0. The minimum Gasteiger partial charge on any atom is -0.352 e. The van der Waals surface area contributed by atoms with Gasteiger partial charge in [0.25, 0.3) is 0 Å². The van der Waals surface area contributed by atoms with Crippen LogP contribution in [0.15, 0.2) is 85.1 Å². The van der Waals surface area contributed by atoms with E-state index in [0.29, 0.717) is 18.1 Å². The Bertz CT molecular complexity index is 1420. The van der Waals surface area contributed by atoms with Gasteiger partial charge in [-0.3, -0.25) is 9.78 Å². The van der Waals surface area contributed by atoms with Gasteiger partial charge in [-0.15, -0.1) is 0 Å². The maximum Gasteiger partial charge on any atom is 0.226 e. The number of nitrogens with zero attached hydrogens (tertiary/aromatic N) is 3. The van der Waals surface area contributed by atoms with E-state index in [1.807, 2.05) is 68.4 Å². The predicted octanol–water partition coefficient (Wildman–Crippen LogP) is 5.80. The lowest BCUT2D eigenvalue weighted by molar-refractivity contribution is -0.116. The molecule has 1 aliphatic heterocycles. The van der Waals surface area contributed by atoms with Crippen molar-refractivity contribution in [3.63, 3.8) is 0 Å². The minimum absolute atomic E-state index is 0.0360. The Labute approximate surface area is 223 Å². The summed E-state index contributed by atoms with van der Waals surface area (Å²) in [6.45, 7) is 6.61. The molecule has 0 bridgehead atoms. The smallest absolute Gasteiger partial charge is 0.226 e. The van der Waals surface area contributed by atoms with E-state index in [0.717, 1.165) is 39.6 Å². The molecular formula is C30H31N5OS. The van der Waals surface area contributed by atoms with Crippen LogP contribution in [0, 0.1) is 20.8 Å². The molecule has 1 fully saturated rings. The summed E-state index contributed by atoms with van der Waals surface area (Å²) in [6.07, 6.45) is 2.12. The molecule has 4 aromatic rings. The summed E-state index contributed by atoms with van der Waals surface area (Å²) in [6, 6.07) is 26.3. The monoisotopic (exact) mass is 509 g/mol. The third kappa shape index (κ3) is 5.13. The molecular weight excluding hydrogens is 478 g/mol. The number of rotatable bonds is 7. The van der Waals surface area contributed by atoms with E-state index < -0.39 is 0 Å². The number of aryl methyl sites for hydroxylation is 3. The predicted molar refractivity (Wildman–Crippen MR) is 152 cm³/mol. The highest BCUT2D eigenvalue weighted by Gasteiger charge is 2.41. The number of nitrogens with one attached hydrogen (secondary N) is 2. The molecule has 2 aromatic heterocycles. The third-order valence-corrected chi connectivity index (χ3v) is 7.22. The fraction of sp³-hybridized carbons (Fsp3) is 0.233. The van der Waals surface area contributed by atoms with Crippen LogP contribution in [-0.2, 0) is 4.79 Å². The van der Waals surface area contributed by atoms with Gasteiger partial charge in [0, 0.05) is 41.9 Å². The summed E-state index contributed by atoms with van der Waals surface area (Å²) in [4.78, 5) is 19.8. The minimum atomic E-state index is -0.146. The van der Waals surface area contributed by atoms with Gasteiger partial charge in [-0.2, -0.15) is 0 Å². The second-order valence-electron chi connectivity index (χ2n) is 9.51. The summed E-state index contributed by atoms with van der Waals surface area (Å²) in [5.41, 5.74) is 7.24. The standard InChI is InChI=1S/C30H31N5OS/c1-20-12-13-21(2)25(19-20)32-27(36)16-18-34-29(28(33-30(34)37)24-11-7-8-17-31-24)26-15-14-22(3)35(26)23-9-5-4-6-10-23/h4-15,17,19,28-29H,16,18H2,1-3H3,(H,32,36)(H,33,37)/t28-,29+/m1/s1. The highest BCUT2D eigenvalue weighted by molar-refractivity contribution is 7.80. The largest absolute Gasteiger partial charge is 0.352 e. The molecule has 2 aromatic carbocycles. The molecule has 1 amide bonds. The van der Waals surface area contributed by atoms with Crippen molar-refractivity contribution < 1.29 is 4.79 Å². The zero-order chi connectivity index (χ0) is 25.9. The quantitative estimate of drug-likeness (QED) is 0.309. The van der Waals surface area contributed by atoms with Crippen molar-refractivity contribution in [2.45, 2.75) is 39.3 Å². The molecule has 5 rings (SSSR count). The number of thiocarbonyl (C=S) groups is 1. The Morgan fingerprint density at radius 3 is 2.54 bits per heavy atom. The summed E-state index contributed by atoms with van der Waals surface area (Å²) in [5, 5.41) is 7.20. The number of benzene rings is 2. The Morgan fingerprint density at radius 1 is 1.00 bits per heavy atom. The Kier molecular flexibility index (Phi) is 7.06. The van der Waals surface area contributed by atoms with E-state index in [1.54, 1.807) is 6.20 Å². The van der Waals surface area contributed by atoms with Crippen molar-refractivity contribution in [3.05, 3.63) is 113 Å². The number of amides is 1. The Balaban J connectivity index is 1.46. The topological polar surface area (TPSA) is 62.2 Å². The van der Waals surface area contributed by atoms with Crippen LogP contribution >= 0.6 is 12.2 Å². The highest BCUT2D eigenvalue weighted by atomic mass is 32.1. The Morgan fingerprint density at radius 2 is 1.78 bits per heavy atom. The van der Waals surface area contributed by atoms with Crippen LogP contribution in [0.3, 0.4) is 0 Å². The molecule has 3 heterocycles. The maximum absolute atomic E-state index is 13.0. The fourth-order valence-electron chi connectivity index (χ4n) is 4.99. The number of carbonyl (C=O) groups excluding carboxylic acids is 1. The number of pyridine rings is 1. The van der Waals surface area contributed by atoms with Gasteiger partial charge >= 0.3 is 0 Å². The van der Waals surface area contributed by atoms with E-state index in [9.17, 15) is 4.79 Å². The maximum atomic E-state index is 13.0. The van der Waals surface area contributed by atoms with Crippen molar-refractivity contribution in [2.24, 2.45) is 0 Å². The summed E-state index contributed by atoms with van der Waals surface area (Å²) < 4.78 is 2.26. The van der Waals surface area contributed by atoms with Crippen molar-refractivity contribution in [2.75, 3.05) is 11.9 Å².